The van der Waals surface area contributed by atoms with Gasteiger partial charge in [-0.3, -0.25) is 4.79 Å². The second kappa shape index (κ2) is 7.85. The van der Waals surface area contributed by atoms with Crippen molar-refractivity contribution in [1.29, 1.82) is 0 Å². The van der Waals surface area contributed by atoms with Crippen LogP contribution >= 0.6 is 12.4 Å². The number of nitrogen functional groups attached to an aromatic ring is 1. The van der Waals surface area contributed by atoms with Gasteiger partial charge in [0.1, 0.15) is 0 Å². The molecule has 1 amide bonds. The van der Waals surface area contributed by atoms with Gasteiger partial charge in [-0.05, 0) is 48.6 Å². The molecule has 0 heterocycles. The van der Waals surface area contributed by atoms with Crippen molar-refractivity contribution < 1.29 is 4.79 Å². The Morgan fingerprint density at radius 3 is 2.50 bits per heavy atom. The molecule has 0 saturated heterocycles. The molecule has 0 aliphatic heterocycles. The third kappa shape index (κ3) is 4.50. The number of nitrogens with one attached hydrogen (secondary N) is 1. The number of amides is 1. The fraction of sp³-hybridized carbons (Fsp3) is 0.278. The number of benzene rings is 2. The lowest BCUT2D eigenvalue weighted by atomic mass is 9.93. The first-order valence-corrected chi connectivity index (χ1v) is 7.19. The van der Waals surface area contributed by atoms with E-state index in [9.17, 15) is 4.79 Å². The third-order valence-corrected chi connectivity index (χ3v) is 3.75. The van der Waals surface area contributed by atoms with Gasteiger partial charge in [-0.2, -0.15) is 0 Å². The van der Waals surface area contributed by atoms with Gasteiger partial charge in [0.15, 0.2) is 0 Å². The molecule has 1 atom stereocenters. The topological polar surface area (TPSA) is 55.1 Å². The van der Waals surface area contributed by atoms with Gasteiger partial charge in [-0.1, -0.05) is 37.3 Å². The number of halogens is 1. The van der Waals surface area contributed by atoms with Crippen LogP contribution in [0.2, 0.25) is 0 Å². The van der Waals surface area contributed by atoms with E-state index in [0.717, 1.165) is 11.3 Å². The molecule has 0 aromatic heterocycles. The average Bonchev–Trinajstić information content (AvgIpc) is 2.43. The van der Waals surface area contributed by atoms with E-state index < -0.39 is 0 Å². The number of hydrogen-bond donors (Lipinski definition) is 2. The Morgan fingerprint density at radius 1 is 1.14 bits per heavy atom. The molecule has 0 bridgehead atoms. The van der Waals surface area contributed by atoms with Gasteiger partial charge in [-0.15, -0.1) is 12.4 Å². The standard InChI is InChI=1S/C18H22N2O.ClH/c1-12-6-4-5-7-16(12)14(3)10-18(21)20-17-11-15(19)9-8-13(17)2;/h4-9,11,14H,10,19H2,1-3H3,(H,20,21);1H. The summed E-state index contributed by atoms with van der Waals surface area (Å²) in [4.78, 5) is 12.2. The molecule has 4 heteroatoms. The van der Waals surface area contributed by atoms with Gasteiger partial charge in [0, 0.05) is 17.8 Å². The second-order valence-corrected chi connectivity index (χ2v) is 5.58. The van der Waals surface area contributed by atoms with E-state index in [-0.39, 0.29) is 24.2 Å². The summed E-state index contributed by atoms with van der Waals surface area (Å²) in [6.07, 6.45) is 0.457. The van der Waals surface area contributed by atoms with E-state index in [0.29, 0.717) is 12.1 Å². The number of anilines is 2. The summed E-state index contributed by atoms with van der Waals surface area (Å²) in [5.74, 6) is 0.201. The maximum absolute atomic E-state index is 12.2. The summed E-state index contributed by atoms with van der Waals surface area (Å²) in [6, 6.07) is 13.7. The van der Waals surface area contributed by atoms with Crippen LogP contribution in [0.5, 0.6) is 0 Å². The van der Waals surface area contributed by atoms with Crippen LogP contribution in [0.25, 0.3) is 0 Å². The zero-order valence-corrected chi connectivity index (χ0v) is 14.0. The van der Waals surface area contributed by atoms with Gasteiger partial charge in [0.25, 0.3) is 0 Å². The van der Waals surface area contributed by atoms with Crippen LogP contribution < -0.4 is 11.1 Å². The molecule has 2 rings (SSSR count). The van der Waals surface area contributed by atoms with Gasteiger partial charge in [-0.25, -0.2) is 0 Å². The van der Waals surface area contributed by atoms with Gasteiger partial charge in [0.05, 0.1) is 0 Å². The van der Waals surface area contributed by atoms with Gasteiger partial charge in [0.2, 0.25) is 5.91 Å². The maximum atomic E-state index is 12.2. The first-order chi connectivity index (χ1) is 9.97. The fourth-order valence-corrected chi connectivity index (χ4v) is 2.50. The van der Waals surface area contributed by atoms with Crippen molar-refractivity contribution in [3.05, 3.63) is 59.2 Å². The van der Waals surface area contributed by atoms with Crippen LogP contribution in [0.1, 0.15) is 36.0 Å². The van der Waals surface area contributed by atoms with E-state index in [1.54, 1.807) is 6.07 Å². The van der Waals surface area contributed by atoms with Crippen molar-refractivity contribution in [1.82, 2.24) is 0 Å². The van der Waals surface area contributed by atoms with E-state index in [1.807, 2.05) is 31.2 Å². The minimum absolute atomic E-state index is 0. The molecule has 0 radical (unpaired) electrons. The SMILES string of the molecule is Cc1ccc(N)cc1NC(=O)CC(C)c1ccccc1C.Cl. The molecule has 2 aromatic carbocycles. The molecule has 1 unspecified atom stereocenters. The van der Waals surface area contributed by atoms with Gasteiger partial charge >= 0.3 is 0 Å². The Kier molecular flexibility index (Phi) is 6.44. The van der Waals surface area contributed by atoms with E-state index in [2.05, 4.69) is 31.3 Å². The molecule has 0 aliphatic rings. The van der Waals surface area contributed by atoms with Crippen LogP contribution in [0, 0.1) is 13.8 Å². The molecule has 0 spiro atoms. The second-order valence-electron chi connectivity index (χ2n) is 5.58. The zero-order valence-electron chi connectivity index (χ0n) is 13.2. The molecular formula is C18H23ClN2O. The first kappa shape index (κ1) is 18.1. The van der Waals surface area contributed by atoms with E-state index in [1.165, 1.54) is 11.1 Å². The minimum atomic E-state index is 0. The highest BCUT2D eigenvalue weighted by atomic mass is 35.5. The highest BCUT2D eigenvalue weighted by Crippen LogP contribution is 2.24. The largest absolute Gasteiger partial charge is 0.399 e. The van der Waals surface area contributed by atoms with Crippen LogP contribution in [-0.2, 0) is 4.79 Å². The highest BCUT2D eigenvalue weighted by molar-refractivity contribution is 5.92. The number of carbonyl (C=O) groups is 1. The minimum Gasteiger partial charge on any atom is -0.399 e. The number of hydrogen-bond acceptors (Lipinski definition) is 2. The Hall–Kier alpha value is -2.00. The number of rotatable bonds is 4. The highest BCUT2D eigenvalue weighted by Gasteiger charge is 2.13. The van der Waals surface area contributed by atoms with Crippen molar-refractivity contribution in [3.63, 3.8) is 0 Å². The van der Waals surface area contributed by atoms with Crippen LogP contribution in [0.4, 0.5) is 11.4 Å². The molecule has 0 aliphatic carbocycles. The maximum Gasteiger partial charge on any atom is 0.224 e. The fourth-order valence-electron chi connectivity index (χ4n) is 2.50. The molecule has 3 nitrogen and oxygen atoms in total. The van der Waals surface area contributed by atoms with Crippen LogP contribution in [-0.4, -0.2) is 5.91 Å². The Balaban J connectivity index is 0.00000242. The summed E-state index contributed by atoms with van der Waals surface area (Å²) >= 11 is 0. The Labute approximate surface area is 138 Å². The lowest BCUT2D eigenvalue weighted by molar-refractivity contribution is -0.116. The normalized spacial score (nSPS) is 11.4. The molecular weight excluding hydrogens is 296 g/mol. The molecule has 2 aromatic rings. The lowest BCUT2D eigenvalue weighted by Crippen LogP contribution is -2.15. The summed E-state index contributed by atoms with van der Waals surface area (Å²) in [7, 11) is 0. The lowest BCUT2D eigenvalue weighted by Gasteiger charge is -2.15. The predicted octanol–water partition coefficient (Wildman–Crippen LogP) is 4.44. The van der Waals surface area contributed by atoms with Gasteiger partial charge < -0.3 is 11.1 Å². The number of carbonyl (C=O) groups excluding carboxylic acids is 1. The molecule has 0 saturated carbocycles. The third-order valence-electron chi connectivity index (χ3n) is 3.75. The summed E-state index contributed by atoms with van der Waals surface area (Å²) in [5, 5.41) is 2.95. The van der Waals surface area contributed by atoms with Crippen LogP contribution in [0.3, 0.4) is 0 Å². The molecule has 0 fully saturated rings. The predicted molar refractivity (Wildman–Crippen MR) is 95.7 cm³/mol. The van der Waals surface area contributed by atoms with Crippen molar-refractivity contribution in [3.8, 4) is 0 Å². The van der Waals surface area contributed by atoms with E-state index >= 15 is 0 Å². The summed E-state index contributed by atoms with van der Waals surface area (Å²) in [6.45, 7) is 6.11. The summed E-state index contributed by atoms with van der Waals surface area (Å²) < 4.78 is 0. The zero-order chi connectivity index (χ0) is 15.4. The van der Waals surface area contributed by atoms with Crippen molar-refractivity contribution in [2.45, 2.75) is 33.1 Å². The molecule has 3 N–H and O–H groups in total. The van der Waals surface area contributed by atoms with E-state index in [4.69, 9.17) is 5.73 Å². The Bertz CT molecular complexity index is 655. The Morgan fingerprint density at radius 2 is 1.82 bits per heavy atom. The molecule has 22 heavy (non-hydrogen) atoms. The van der Waals surface area contributed by atoms with Crippen molar-refractivity contribution in [2.24, 2.45) is 0 Å². The number of aryl methyl sites for hydroxylation is 2. The summed E-state index contributed by atoms with van der Waals surface area (Å²) in [5.41, 5.74) is 10.7. The number of nitrogens with two attached hydrogens (primary N) is 1. The average molecular weight is 319 g/mol. The quantitative estimate of drug-likeness (QED) is 0.819. The smallest absolute Gasteiger partial charge is 0.224 e. The molecule has 118 valence electrons. The van der Waals surface area contributed by atoms with Crippen molar-refractivity contribution >= 4 is 29.7 Å². The van der Waals surface area contributed by atoms with Crippen molar-refractivity contribution in [2.75, 3.05) is 11.1 Å². The monoisotopic (exact) mass is 318 g/mol. The first-order valence-electron chi connectivity index (χ1n) is 7.19. The van der Waals surface area contributed by atoms with Crippen LogP contribution in [0.15, 0.2) is 42.5 Å².